The van der Waals surface area contributed by atoms with E-state index >= 15 is 0 Å². The van der Waals surface area contributed by atoms with Crippen molar-refractivity contribution in [1.82, 2.24) is 0 Å². The molecule has 0 radical (unpaired) electrons. The van der Waals surface area contributed by atoms with Crippen LogP contribution in [0.5, 0.6) is 0 Å². The summed E-state index contributed by atoms with van der Waals surface area (Å²) in [7, 11) is 0. The van der Waals surface area contributed by atoms with Gasteiger partial charge in [0, 0.05) is 21.7 Å². The Balaban J connectivity index is 0.00000128. The molecule has 0 atom stereocenters. The quantitative estimate of drug-likeness (QED) is 0.477. The number of hydrogen-bond donors (Lipinski definition) is 0. The van der Waals surface area contributed by atoms with Crippen molar-refractivity contribution in [3.8, 4) is 0 Å². The van der Waals surface area contributed by atoms with Gasteiger partial charge in [-0.1, -0.05) is 74.3 Å². The molecular weight excluding hydrogens is 275 g/mol. The molecule has 3 heteroatoms. The summed E-state index contributed by atoms with van der Waals surface area (Å²) in [5.41, 5.74) is 3.19. The molecule has 0 fully saturated rings. The van der Waals surface area contributed by atoms with Crippen LogP contribution in [-0.4, -0.2) is 0 Å². The zero-order chi connectivity index (χ0) is 11.3. The molecule has 0 saturated carbocycles. The van der Waals surface area contributed by atoms with Gasteiger partial charge in [-0.2, -0.15) is 0 Å². The van der Waals surface area contributed by atoms with E-state index in [4.69, 9.17) is 23.2 Å². The van der Waals surface area contributed by atoms with Gasteiger partial charge in [0.05, 0.1) is 0 Å². The van der Waals surface area contributed by atoms with E-state index in [9.17, 15) is 0 Å². The Morgan fingerprint density at radius 2 is 1.62 bits per heavy atom. The second kappa shape index (κ2) is 4.50. The Labute approximate surface area is 122 Å². The van der Waals surface area contributed by atoms with Crippen molar-refractivity contribution in [2.45, 2.75) is 25.1 Å². The van der Waals surface area contributed by atoms with Crippen LogP contribution in [0.1, 0.15) is 31.9 Å². The Morgan fingerprint density at radius 1 is 1.06 bits per heavy atom. The molecule has 1 aromatic rings. The zero-order valence-corrected chi connectivity index (χ0v) is 12.7. The van der Waals surface area contributed by atoms with Crippen molar-refractivity contribution in [2.24, 2.45) is 5.41 Å². The molecule has 0 saturated heterocycles. The summed E-state index contributed by atoms with van der Waals surface area (Å²) in [6.07, 6.45) is 2.11. The molecule has 84 valence electrons. The molecule has 1 aromatic carbocycles. The van der Waals surface area contributed by atoms with Gasteiger partial charge in [-0.3, -0.25) is 0 Å². The molecule has 0 aliphatic heterocycles. The Bertz CT molecular complexity index is 428. The van der Waals surface area contributed by atoms with Crippen LogP contribution >= 0.6 is 23.2 Å². The van der Waals surface area contributed by atoms with Gasteiger partial charge >= 0.3 is 0 Å². The smallest absolute Gasteiger partial charge is 0.0912 e. The van der Waals surface area contributed by atoms with E-state index in [1.807, 2.05) is 24.3 Å². The van der Waals surface area contributed by atoms with Crippen LogP contribution in [-0.2, 0) is 26.1 Å². The van der Waals surface area contributed by atoms with Gasteiger partial charge < -0.3 is 0 Å². The molecule has 2 rings (SSSR count). The second-order valence-corrected chi connectivity index (χ2v) is 6.30. The van der Waals surface area contributed by atoms with Gasteiger partial charge in [-0.05, 0) is 22.1 Å². The van der Waals surface area contributed by atoms with Crippen molar-refractivity contribution in [2.75, 3.05) is 0 Å². The molecule has 0 nitrogen and oxygen atoms in total. The van der Waals surface area contributed by atoms with Crippen LogP contribution < -0.4 is 0 Å². The Hall–Kier alpha value is 0.254. The molecule has 0 aromatic heterocycles. The summed E-state index contributed by atoms with van der Waals surface area (Å²) in [4.78, 5) is 0. The Morgan fingerprint density at radius 3 is 2.12 bits per heavy atom. The monoisotopic (exact) mass is 288 g/mol. The summed E-state index contributed by atoms with van der Waals surface area (Å²) >= 11 is 12.9. The fourth-order valence-electron chi connectivity index (χ4n) is 1.99. The molecule has 0 unspecified atom stereocenters. The molecule has 0 N–H and O–H groups in total. The van der Waals surface area contributed by atoms with Gasteiger partial charge in [0.15, 0.2) is 4.33 Å². The number of alkyl halides is 2. The van der Waals surface area contributed by atoms with Crippen molar-refractivity contribution >= 4 is 29.3 Å². The molecule has 0 bridgehead atoms. The molecule has 0 spiro atoms. The molecule has 1 aliphatic rings. The predicted octanol–water partition coefficient (Wildman–Crippen LogP) is 4.76. The van der Waals surface area contributed by atoms with Crippen molar-refractivity contribution in [3.63, 3.8) is 0 Å². The van der Waals surface area contributed by atoms with E-state index in [1.54, 1.807) is 0 Å². The third kappa shape index (κ3) is 2.26. The van der Waals surface area contributed by atoms with E-state index in [2.05, 4.69) is 26.8 Å². The van der Waals surface area contributed by atoms with Crippen molar-refractivity contribution < 1.29 is 21.7 Å². The minimum atomic E-state index is -0.866. The number of rotatable bonds is 0. The second-order valence-electron chi connectivity index (χ2n) is 4.97. The van der Waals surface area contributed by atoms with E-state index < -0.39 is 4.33 Å². The summed E-state index contributed by atoms with van der Waals surface area (Å²) in [6, 6.07) is 8.01. The minimum absolute atomic E-state index is 0. The standard InChI is InChI=1S/C13H14Cl2.Ti/c1-12(2,3)11-8-9-6-4-5-7-10(9)13(11,14)15;/h4-8H,1-3H3;. The predicted molar refractivity (Wildman–Crippen MR) is 67.3 cm³/mol. The third-order valence-electron chi connectivity index (χ3n) is 2.75. The number of halogens is 2. The first-order chi connectivity index (χ1) is 6.83. The fraction of sp³-hybridized carbons (Fsp3) is 0.385. The van der Waals surface area contributed by atoms with E-state index in [0.717, 1.165) is 16.7 Å². The van der Waals surface area contributed by atoms with Crippen LogP contribution in [0.4, 0.5) is 0 Å². The fourth-order valence-corrected chi connectivity index (χ4v) is 3.01. The van der Waals surface area contributed by atoms with Gasteiger partial charge in [-0.15, -0.1) is 0 Å². The van der Waals surface area contributed by atoms with Gasteiger partial charge in [0.2, 0.25) is 0 Å². The summed E-state index contributed by atoms with van der Waals surface area (Å²) in [5.74, 6) is 0. The average molecular weight is 289 g/mol. The number of fused-ring (bicyclic) bond motifs is 1. The Kier molecular flexibility index (Phi) is 4.02. The van der Waals surface area contributed by atoms with Crippen LogP contribution in [0.15, 0.2) is 29.8 Å². The van der Waals surface area contributed by atoms with E-state index in [1.165, 1.54) is 0 Å². The summed E-state index contributed by atoms with van der Waals surface area (Å²) in [5, 5.41) is 0. The third-order valence-corrected chi connectivity index (χ3v) is 3.56. The maximum absolute atomic E-state index is 6.45. The molecule has 1 aliphatic carbocycles. The van der Waals surface area contributed by atoms with Crippen molar-refractivity contribution in [3.05, 3.63) is 41.0 Å². The molecule has 16 heavy (non-hydrogen) atoms. The van der Waals surface area contributed by atoms with E-state index in [0.29, 0.717) is 0 Å². The van der Waals surface area contributed by atoms with Gasteiger partial charge in [0.25, 0.3) is 0 Å². The average Bonchev–Trinajstić information content (AvgIpc) is 2.39. The first-order valence-corrected chi connectivity index (χ1v) is 5.79. The van der Waals surface area contributed by atoms with Gasteiger partial charge in [0.1, 0.15) is 0 Å². The van der Waals surface area contributed by atoms with Crippen molar-refractivity contribution in [1.29, 1.82) is 0 Å². The maximum Gasteiger partial charge on any atom is 0.165 e. The number of benzene rings is 1. The van der Waals surface area contributed by atoms with Crippen LogP contribution in [0.3, 0.4) is 0 Å². The minimum Gasteiger partial charge on any atom is -0.0912 e. The molecule has 0 amide bonds. The first-order valence-electron chi connectivity index (χ1n) is 5.03. The maximum atomic E-state index is 6.45. The SMILES string of the molecule is CC(C)(C)C1=Cc2ccccc2C1(Cl)Cl.[Ti]. The molecule has 0 heterocycles. The zero-order valence-electron chi connectivity index (χ0n) is 9.64. The normalized spacial score (nSPS) is 17.4. The molecular formula is C13H14Cl2Ti. The van der Waals surface area contributed by atoms with Gasteiger partial charge in [-0.25, -0.2) is 0 Å². The topological polar surface area (TPSA) is 0 Å². The first kappa shape index (κ1) is 14.3. The summed E-state index contributed by atoms with van der Waals surface area (Å²) in [6.45, 7) is 6.39. The van der Waals surface area contributed by atoms with Crippen LogP contribution in [0.25, 0.3) is 6.08 Å². The largest absolute Gasteiger partial charge is 0.165 e. The number of allylic oxidation sites excluding steroid dienone is 1. The van der Waals surface area contributed by atoms with Crippen LogP contribution in [0.2, 0.25) is 0 Å². The number of hydrogen-bond acceptors (Lipinski definition) is 0. The van der Waals surface area contributed by atoms with Crippen LogP contribution in [0, 0.1) is 5.41 Å². The van der Waals surface area contributed by atoms with E-state index in [-0.39, 0.29) is 27.1 Å². The summed E-state index contributed by atoms with van der Waals surface area (Å²) < 4.78 is -0.866.